The van der Waals surface area contributed by atoms with Gasteiger partial charge in [0, 0.05) is 12.5 Å². The summed E-state index contributed by atoms with van der Waals surface area (Å²) in [7, 11) is 0. The van der Waals surface area contributed by atoms with Gasteiger partial charge in [-0.2, -0.15) is 0 Å². The van der Waals surface area contributed by atoms with E-state index in [0.717, 1.165) is 6.42 Å². The van der Waals surface area contributed by atoms with Gasteiger partial charge in [0.15, 0.2) is 0 Å². The quantitative estimate of drug-likeness (QED) is 0.676. The average molecular weight is 186 g/mol. The summed E-state index contributed by atoms with van der Waals surface area (Å²) in [6, 6.07) is 0. The van der Waals surface area contributed by atoms with E-state index in [1.54, 1.807) is 0 Å². The van der Waals surface area contributed by atoms with Gasteiger partial charge in [0.25, 0.3) is 0 Å². The molecule has 0 radical (unpaired) electrons. The van der Waals surface area contributed by atoms with E-state index in [9.17, 15) is 4.79 Å². The Morgan fingerprint density at radius 2 is 2.08 bits per heavy atom. The minimum atomic E-state index is 0.00310. The lowest BCUT2D eigenvalue weighted by Crippen LogP contribution is -2.40. The standard InChI is InChI=1S/C10H22N2O/c1-5-8(2)9(13)12-7-10(3,4)6-11/h8H,5-7,11H2,1-4H3,(H,12,13). The van der Waals surface area contributed by atoms with Crippen molar-refractivity contribution in [3.8, 4) is 0 Å². The van der Waals surface area contributed by atoms with Crippen LogP contribution in [0.3, 0.4) is 0 Å². The number of carbonyl (C=O) groups excluding carboxylic acids is 1. The Kier molecular flexibility index (Phi) is 4.99. The van der Waals surface area contributed by atoms with E-state index in [2.05, 4.69) is 5.32 Å². The second-order valence-electron chi connectivity index (χ2n) is 4.40. The molecule has 0 aromatic carbocycles. The van der Waals surface area contributed by atoms with E-state index in [1.165, 1.54) is 0 Å². The number of nitrogens with two attached hydrogens (primary N) is 1. The van der Waals surface area contributed by atoms with Gasteiger partial charge in [-0.25, -0.2) is 0 Å². The molecule has 0 aromatic rings. The molecule has 0 aliphatic heterocycles. The number of rotatable bonds is 5. The normalized spacial score (nSPS) is 13.9. The van der Waals surface area contributed by atoms with Crippen LogP contribution in [0.4, 0.5) is 0 Å². The van der Waals surface area contributed by atoms with Gasteiger partial charge in [0.2, 0.25) is 5.91 Å². The first-order chi connectivity index (χ1) is 5.93. The fraction of sp³-hybridized carbons (Fsp3) is 0.900. The van der Waals surface area contributed by atoms with Crippen LogP contribution < -0.4 is 11.1 Å². The van der Waals surface area contributed by atoms with Crippen molar-refractivity contribution in [3.05, 3.63) is 0 Å². The van der Waals surface area contributed by atoms with E-state index in [4.69, 9.17) is 5.73 Å². The summed E-state index contributed by atoms with van der Waals surface area (Å²) < 4.78 is 0. The molecular weight excluding hydrogens is 164 g/mol. The van der Waals surface area contributed by atoms with Crippen LogP contribution in [0.2, 0.25) is 0 Å². The highest BCUT2D eigenvalue weighted by Crippen LogP contribution is 2.10. The van der Waals surface area contributed by atoms with Gasteiger partial charge in [-0.05, 0) is 18.4 Å². The molecule has 0 spiro atoms. The van der Waals surface area contributed by atoms with Gasteiger partial charge in [-0.15, -0.1) is 0 Å². The topological polar surface area (TPSA) is 55.1 Å². The Morgan fingerprint density at radius 1 is 1.54 bits per heavy atom. The van der Waals surface area contributed by atoms with Crippen molar-refractivity contribution in [2.24, 2.45) is 17.1 Å². The zero-order chi connectivity index (χ0) is 10.5. The Hall–Kier alpha value is -0.570. The largest absolute Gasteiger partial charge is 0.355 e. The lowest BCUT2D eigenvalue weighted by molar-refractivity contribution is -0.125. The Balaban J connectivity index is 3.83. The third-order valence-corrected chi connectivity index (χ3v) is 2.35. The molecule has 1 unspecified atom stereocenters. The van der Waals surface area contributed by atoms with Gasteiger partial charge in [-0.1, -0.05) is 27.7 Å². The summed E-state index contributed by atoms with van der Waals surface area (Å²) in [6.07, 6.45) is 0.884. The molecule has 0 bridgehead atoms. The van der Waals surface area contributed by atoms with E-state index >= 15 is 0 Å². The van der Waals surface area contributed by atoms with Gasteiger partial charge < -0.3 is 11.1 Å². The second kappa shape index (κ2) is 5.22. The minimum Gasteiger partial charge on any atom is -0.355 e. The van der Waals surface area contributed by atoms with Crippen molar-refractivity contribution in [1.29, 1.82) is 0 Å². The molecule has 3 N–H and O–H groups in total. The number of amides is 1. The van der Waals surface area contributed by atoms with Crippen LogP contribution in [0.5, 0.6) is 0 Å². The van der Waals surface area contributed by atoms with Crippen molar-refractivity contribution in [2.75, 3.05) is 13.1 Å². The molecule has 0 fully saturated rings. The predicted molar refractivity (Wildman–Crippen MR) is 55.3 cm³/mol. The smallest absolute Gasteiger partial charge is 0.222 e. The van der Waals surface area contributed by atoms with Crippen molar-refractivity contribution >= 4 is 5.91 Å². The number of nitrogens with one attached hydrogen (secondary N) is 1. The molecule has 0 aliphatic carbocycles. The average Bonchev–Trinajstić information content (AvgIpc) is 2.13. The van der Waals surface area contributed by atoms with E-state index in [-0.39, 0.29) is 17.2 Å². The maximum atomic E-state index is 11.4. The molecule has 13 heavy (non-hydrogen) atoms. The van der Waals surface area contributed by atoms with Crippen molar-refractivity contribution in [1.82, 2.24) is 5.32 Å². The summed E-state index contributed by atoms with van der Waals surface area (Å²) in [5.41, 5.74) is 5.55. The molecule has 78 valence electrons. The molecule has 0 heterocycles. The van der Waals surface area contributed by atoms with Crippen molar-refractivity contribution in [2.45, 2.75) is 34.1 Å². The van der Waals surface area contributed by atoms with Crippen LogP contribution in [0.15, 0.2) is 0 Å². The number of carbonyl (C=O) groups is 1. The highest BCUT2D eigenvalue weighted by Gasteiger charge is 2.18. The monoisotopic (exact) mass is 186 g/mol. The third kappa shape index (κ3) is 4.88. The van der Waals surface area contributed by atoms with E-state index in [1.807, 2.05) is 27.7 Å². The fourth-order valence-electron chi connectivity index (χ4n) is 0.758. The van der Waals surface area contributed by atoms with Crippen LogP contribution in [-0.2, 0) is 4.79 Å². The second-order valence-corrected chi connectivity index (χ2v) is 4.40. The number of hydrogen-bond donors (Lipinski definition) is 2. The Morgan fingerprint density at radius 3 is 2.46 bits per heavy atom. The lowest BCUT2D eigenvalue weighted by atomic mass is 9.93. The Bertz CT molecular complexity index is 166. The van der Waals surface area contributed by atoms with E-state index < -0.39 is 0 Å². The molecule has 3 heteroatoms. The molecule has 0 aromatic heterocycles. The summed E-state index contributed by atoms with van der Waals surface area (Å²) in [4.78, 5) is 11.4. The van der Waals surface area contributed by atoms with Crippen molar-refractivity contribution < 1.29 is 4.79 Å². The highest BCUT2D eigenvalue weighted by molar-refractivity contribution is 5.78. The first kappa shape index (κ1) is 12.4. The summed E-state index contributed by atoms with van der Waals surface area (Å²) in [5.74, 6) is 0.234. The molecule has 1 atom stereocenters. The zero-order valence-electron chi connectivity index (χ0n) is 9.18. The first-order valence-corrected chi connectivity index (χ1v) is 4.90. The first-order valence-electron chi connectivity index (χ1n) is 4.90. The fourth-order valence-corrected chi connectivity index (χ4v) is 0.758. The SMILES string of the molecule is CCC(C)C(=O)NCC(C)(C)CN. The molecule has 0 saturated heterocycles. The van der Waals surface area contributed by atoms with Crippen LogP contribution >= 0.6 is 0 Å². The predicted octanol–water partition coefficient (Wildman–Crippen LogP) is 1.13. The molecular formula is C10H22N2O. The van der Waals surface area contributed by atoms with E-state index in [0.29, 0.717) is 13.1 Å². The van der Waals surface area contributed by atoms with Gasteiger partial charge >= 0.3 is 0 Å². The third-order valence-electron chi connectivity index (χ3n) is 2.35. The lowest BCUT2D eigenvalue weighted by Gasteiger charge is -2.23. The van der Waals surface area contributed by atoms with Gasteiger partial charge in [0.05, 0.1) is 0 Å². The maximum Gasteiger partial charge on any atom is 0.222 e. The molecule has 3 nitrogen and oxygen atoms in total. The van der Waals surface area contributed by atoms with Gasteiger partial charge in [-0.3, -0.25) is 4.79 Å². The summed E-state index contributed by atoms with van der Waals surface area (Å²) >= 11 is 0. The Labute approximate surface area is 81.1 Å². The molecule has 0 aliphatic rings. The minimum absolute atomic E-state index is 0.00310. The maximum absolute atomic E-state index is 11.4. The summed E-state index contributed by atoms with van der Waals surface area (Å²) in [5, 5.41) is 2.91. The molecule has 0 rings (SSSR count). The van der Waals surface area contributed by atoms with Crippen LogP contribution in [-0.4, -0.2) is 19.0 Å². The molecule has 1 amide bonds. The highest BCUT2D eigenvalue weighted by atomic mass is 16.1. The zero-order valence-corrected chi connectivity index (χ0v) is 9.18. The number of hydrogen-bond acceptors (Lipinski definition) is 2. The van der Waals surface area contributed by atoms with Crippen LogP contribution in [0.25, 0.3) is 0 Å². The van der Waals surface area contributed by atoms with Crippen LogP contribution in [0.1, 0.15) is 34.1 Å². The molecule has 0 saturated carbocycles. The van der Waals surface area contributed by atoms with Crippen LogP contribution in [0, 0.1) is 11.3 Å². The summed E-state index contributed by atoms with van der Waals surface area (Å²) in [6.45, 7) is 9.29. The van der Waals surface area contributed by atoms with Gasteiger partial charge in [0.1, 0.15) is 0 Å². The van der Waals surface area contributed by atoms with Crippen molar-refractivity contribution in [3.63, 3.8) is 0 Å².